The number of nitrogens with two attached hydrogens (primary N) is 1. The molecule has 4 N–H and O–H groups in total. The van der Waals surface area contributed by atoms with Gasteiger partial charge in [0.05, 0.1) is 0 Å². The first-order chi connectivity index (χ1) is 9.15. The third kappa shape index (κ3) is 4.22. The Hall–Kier alpha value is -1.59. The zero-order valence-electron chi connectivity index (χ0n) is 10.8. The van der Waals surface area contributed by atoms with E-state index in [1.807, 2.05) is 24.3 Å². The van der Waals surface area contributed by atoms with E-state index in [2.05, 4.69) is 5.32 Å². The fourth-order valence-electron chi connectivity index (χ4n) is 2.15. The number of carboxylic acids is 1. The van der Waals surface area contributed by atoms with E-state index in [0.29, 0.717) is 6.42 Å². The summed E-state index contributed by atoms with van der Waals surface area (Å²) in [7, 11) is 0. The van der Waals surface area contributed by atoms with Crippen LogP contribution in [-0.4, -0.2) is 36.3 Å². The quantitative estimate of drug-likeness (QED) is 0.731. The number of carboxylic acid groups (broad SMARTS) is 1. The summed E-state index contributed by atoms with van der Waals surface area (Å²) in [6.45, 7) is 1.99. The lowest BCUT2D eigenvalue weighted by Gasteiger charge is -2.23. The Bertz CT molecular complexity index is 413. The molecular weight excluding hydrogens is 244 g/mol. The molecule has 0 aliphatic carbocycles. The van der Waals surface area contributed by atoms with Crippen LogP contribution >= 0.6 is 0 Å². The number of nitrogens with one attached hydrogen (secondary N) is 1. The SMILES string of the molecule is N[C@@H](Cc1ccc(OC2CCNCC2)cc1)C(=O)O. The lowest BCUT2D eigenvalue weighted by Crippen LogP contribution is -2.34. The van der Waals surface area contributed by atoms with Gasteiger partial charge in [-0.1, -0.05) is 12.1 Å². The zero-order chi connectivity index (χ0) is 13.7. The van der Waals surface area contributed by atoms with Crippen LogP contribution in [0.25, 0.3) is 0 Å². The van der Waals surface area contributed by atoms with E-state index in [-0.39, 0.29) is 6.10 Å². The normalized spacial score (nSPS) is 17.9. The minimum atomic E-state index is -0.977. The maximum absolute atomic E-state index is 10.7. The molecule has 2 rings (SSSR count). The molecule has 0 amide bonds. The predicted molar refractivity (Wildman–Crippen MR) is 72.3 cm³/mol. The topological polar surface area (TPSA) is 84.6 Å². The van der Waals surface area contributed by atoms with Crippen molar-refractivity contribution in [1.82, 2.24) is 5.32 Å². The van der Waals surface area contributed by atoms with Crippen LogP contribution in [0.2, 0.25) is 0 Å². The average Bonchev–Trinajstić information content (AvgIpc) is 2.42. The largest absolute Gasteiger partial charge is 0.490 e. The van der Waals surface area contributed by atoms with Crippen LogP contribution in [0.4, 0.5) is 0 Å². The average molecular weight is 264 g/mol. The second-order valence-corrected chi connectivity index (χ2v) is 4.86. The summed E-state index contributed by atoms with van der Waals surface area (Å²) in [5, 5.41) is 12.1. The Morgan fingerprint density at radius 2 is 2.00 bits per heavy atom. The van der Waals surface area contributed by atoms with Crippen molar-refractivity contribution < 1.29 is 14.6 Å². The van der Waals surface area contributed by atoms with E-state index in [9.17, 15) is 4.79 Å². The first-order valence-corrected chi connectivity index (χ1v) is 6.60. The van der Waals surface area contributed by atoms with Crippen molar-refractivity contribution in [2.24, 2.45) is 5.73 Å². The van der Waals surface area contributed by atoms with Crippen LogP contribution < -0.4 is 15.8 Å². The van der Waals surface area contributed by atoms with E-state index in [1.165, 1.54) is 0 Å². The molecule has 0 saturated carbocycles. The standard InChI is InChI=1S/C14H20N2O3/c15-13(14(17)18)9-10-1-3-11(4-2-10)19-12-5-7-16-8-6-12/h1-4,12-13,16H,5-9,15H2,(H,17,18)/t13-/m0/s1. The summed E-state index contributed by atoms with van der Waals surface area (Å²) in [5.74, 6) is -0.144. The number of hydrogen-bond acceptors (Lipinski definition) is 4. The lowest BCUT2D eigenvalue weighted by molar-refractivity contribution is -0.138. The predicted octanol–water partition coefficient (Wildman–Crippen LogP) is 0.772. The number of benzene rings is 1. The summed E-state index contributed by atoms with van der Waals surface area (Å²) in [4.78, 5) is 10.7. The van der Waals surface area contributed by atoms with Crippen LogP contribution in [0.1, 0.15) is 18.4 Å². The molecule has 0 aromatic heterocycles. The highest BCUT2D eigenvalue weighted by atomic mass is 16.5. The van der Waals surface area contributed by atoms with E-state index < -0.39 is 12.0 Å². The summed E-state index contributed by atoms with van der Waals surface area (Å²) < 4.78 is 5.88. The molecular formula is C14H20N2O3. The molecule has 1 aromatic carbocycles. The van der Waals surface area contributed by atoms with Gasteiger partial charge in [0.1, 0.15) is 17.9 Å². The third-order valence-electron chi connectivity index (χ3n) is 3.29. The van der Waals surface area contributed by atoms with Gasteiger partial charge in [-0.25, -0.2) is 0 Å². The first-order valence-electron chi connectivity index (χ1n) is 6.60. The molecule has 1 aromatic rings. The van der Waals surface area contributed by atoms with Gasteiger partial charge in [0.2, 0.25) is 0 Å². The van der Waals surface area contributed by atoms with E-state index in [4.69, 9.17) is 15.6 Å². The molecule has 1 aliphatic heterocycles. The molecule has 0 spiro atoms. The van der Waals surface area contributed by atoms with Crippen molar-refractivity contribution in [3.8, 4) is 5.75 Å². The van der Waals surface area contributed by atoms with Crippen molar-refractivity contribution >= 4 is 5.97 Å². The molecule has 1 saturated heterocycles. The fraction of sp³-hybridized carbons (Fsp3) is 0.500. The fourth-order valence-corrected chi connectivity index (χ4v) is 2.15. The number of piperidine rings is 1. The number of carbonyl (C=O) groups is 1. The zero-order valence-corrected chi connectivity index (χ0v) is 10.8. The smallest absolute Gasteiger partial charge is 0.320 e. The molecule has 0 radical (unpaired) electrons. The van der Waals surface area contributed by atoms with Crippen LogP contribution in [0, 0.1) is 0 Å². The van der Waals surface area contributed by atoms with E-state index in [1.54, 1.807) is 0 Å². The highest BCUT2D eigenvalue weighted by Gasteiger charge is 2.15. The molecule has 5 nitrogen and oxygen atoms in total. The van der Waals surface area contributed by atoms with Crippen LogP contribution in [0.15, 0.2) is 24.3 Å². The maximum atomic E-state index is 10.7. The first kappa shape index (κ1) is 13.8. The van der Waals surface area contributed by atoms with Crippen LogP contribution in [0.5, 0.6) is 5.75 Å². The number of ether oxygens (including phenoxy) is 1. The van der Waals surface area contributed by atoms with Gasteiger partial charge in [-0.05, 0) is 50.0 Å². The molecule has 1 fully saturated rings. The number of rotatable bonds is 5. The summed E-state index contributed by atoms with van der Waals surface area (Å²) >= 11 is 0. The molecule has 5 heteroatoms. The third-order valence-corrected chi connectivity index (χ3v) is 3.29. The van der Waals surface area contributed by atoms with Crippen molar-refractivity contribution in [3.63, 3.8) is 0 Å². The Kier molecular flexibility index (Phi) is 4.76. The Labute approximate surface area is 112 Å². The van der Waals surface area contributed by atoms with E-state index in [0.717, 1.165) is 37.2 Å². The van der Waals surface area contributed by atoms with Gasteiger partial charge in [0.15, 0.2) is 0 Å². The Balaban J connectivity index is 1.88. The van der Waals surface area contributed by atoms with Gasteiger partial charge in [0.25, 0.3) is 0 Å². The van der Waals surface area contributed by atoms with Gasteiger partial charge in [-0.15, -0.1) is 0 Å². The monoisotopic (exact) mass is 264 g/mol. The minimum Gasteiger partial charge on any atom is -0.490 e. The lowest BCUT2D eigenvalue weighted by atomic mass is 10.1. The summed E-state index contributed by atoms with van der Waals surface area (Å²) in [6.07, 6.45) is 2.65. The molecule has 104 valence electrons. The second kappa shape index (κ2) is 6.54. The highest BCUT2D eigenvalue weighted by Crippen LogP contribution is 2.18. The van der Waals surface area contributed by atoms with Crippen molar-refractivity contribution in [3.05, 3.63) is 29.8 Å². The Morgan fingerprint density at radius 1 is 1.37 bits per heavy atom. The van der Waals surface area contributed by atoms with Gasteiger partial charge < -0.3 is 20.9 Å². The molecule has 0 bridgehead atoms. The van der Waals surface area contributed by atoms with Gasteiger partial charge in [-0.2, -0.15) is 0 Å². The van der Waals surface area contributed by atoms with Crippen LogP contribution in [0.3, 0.4) is 0 Å². The van der Waals surface area contributed by atoms with Crippen LogP contribution in [-0.2, 0) is 11.2 Å². The van der Waals surface area contributed by atoms with Gasteiger partial charge in [0, 0.05) is 0 Å². The number of hydrogen-bond donors (Lipinski definition) is 3. The Morgan fingerprint density at radius 3 is 2.58 bits per heavy atom. The van der Waals surface area contributed by atoms with Gasteiger partial charge in [-0.3, -0.25) is 4.79 Å². The minimum absolute atomic E-state index is 0.272. The summed E-state index contributed by atoms with van der Waals surface area (Å²) in [6, 6.07) is 6.66. The van der Waals surface area contributed by atoms with Crippen molar-refractivity contribution in [2.75, 3.05) is 13.1 Å². The highest BCUT2D eigenvalue weighted by molar-refractivity contribution is 5.73. The summed E-state index contributed by atoms with van der Waals surface area (Å²) in [5.41, 5.74) is 6.41. The van der Waals surface area contributed by atoms with E-state index >= 15 is 0 Å². The molecule has 1 atom stereocenters. The van der Waals surface area contributed by atoms with Gasteiger partial charge >= 0.3 is 5.97 Å². The maximum Gasteiger partial charge on any atom is 0.320 e. The second-order valence-electron chi connectivity index (χ2n) is 4.86. The molecule has 0 unspecified atom stereocenters. The molecule has 1 aliphatic rings. The molecule has 1 heterocycles. The van der Waals surface area contributed by atoms with Crippen molar-refractivity contribution in [2.45, 2.75) is 31.4 Å². The number of aliphatic carboxylic acids is 1. The molecule has 19 heavy (non-hydrogen) atoms. The van der Waals surface area contributed by atoms with Crippen molar-refractivity contribution in [1.29, 1.82) is 0 Å².